The first kappa shape index (κ1) is 47.3. The number of rotatable bonds is 2. The summed E-state index contributed by atoms with van der Waals surface area (Å²) in [7, 11) is 0. The first-order valence-electron chi connectivity index (χ1n) is 18.6. The maximum atomic E-state index is 12.6. The molecule has 13 atom stereocenters. The second kappa shape index (κ2) is 27.0. The lowest BCUT2D eigenvalue weighted by molar-refractivity contribution is -0.147. The number of hydrogen-bond donors (Lipinski definition) is 9. The summed E-state index contributed by atoms with van der Waals surface area (Å²) < 4.78 is 5.76. The predicted octanol–water partition coefficient (Wildman–Crippen LogP) is 3.49. The Morgan fingerprint density at radius 3 is 1.50 bits per heavy atom. The van der Waals surface area contributed by atoms with Gasteiger partial charge in [-0.2, -0.15) is 0 Å². The molecule has 1 aliphatic heterocycles. The van der Waals surface area contributed by atoms with Crippen molar-refractivity contribution < 1.29 is 55.5 Å². The molecule has 0 bridgehead atoms. The van der Waals surface area contributed by atoms with Gasteiger partial charge in [0.15, 0.2) is 0 Å². The van der Waals surface area contributed by atoms with Gasteiger partial charge >= 0.3 is 5.97 Å². The standard InChI is InChI=1S/C41H66O11/c1-5-28(2)41-29(3)19-20-31(42)21-32(43)22-33(44)23-34(45)24-35(46)25-36(47)26-37(48)27-39(50)30(4)38(49)17-15-13-11-9-7-6-8-10-12-14-16-18-40(51)52-41/h6-16,18-20,28-39,41-50H,5,17,21-27H2,1-4H3/b7-6+,10-8+,11-9+,14-12+,15-13+,18-16+,20-19?/t28-,29-,30-,31-,32-,33-,34+,35-,36+,37+,38-,39+,41?/m0/s1. The van der Waals surface area contributed by atoms with E-state index in [1.165, 1.54) is 12.2 Å². The van der Waals surface area contributed by atoms with E-state index in [1.807, 2.05) is 45.1 Å². The van der Waals surface area contributed by atoms with E-state index >= 15 is 0 Å². The quantitative estimate of drug-likeness (QED) is 0.148. The Kier molecular flexibility index (Phi) is 24.5. The molecule has 9 N–H and O–H groups in total. The molecule has 0 fully saturated rings. The fraction of sp³-hybridized carbons (Fsp3) is 0.634. The normalized spacial score (nSPS) is 39.7. The summed E-state index contributed by atoms with van der Waals surface area (Å²) in [6.45, 7) is 7.53. The van der Waals surface area contributed by atoms with Crippen LogP contribution in [0.15, 0.2) is 85.1 Å². The van der Waals surface area contributed by atoms with Gasteiger partial charge in [0, 0.05) is 24.3 Å². The fourth-order valence-corrected chi connectivity index (χ4v) is 5.97. The molecule has 0 saturated carbocycles. The number of aliphatic hydroxyl groups is 9. The highest BCUT2D eigenvalue weighted by molar-refractivity contribution is 5.82. The van der Waals surface area contributed by atoms with Crippen molar-refractivity contribution >= 4 is 5.97 Å². The summed E-state index contributed by atoms with van der Waals surface area (Å²) >= 11 is 0. The van der Waals surface area contributed by atoms with Crippen molar-refractivity contribution in [2.24, 2.45) is 17.8 Å². The predicted molar refractivity (Wildman–Crippen MR) is 203 cm³/mol. The first-order valence-corrected chi connectivity index (χ1v) is 18.6. The van der Waals surface area contributed by atoms with Crippen LogP contribution in [0.3, 0.4) is 0 Å². The number of aliphatic hydroxyl groups excluding tert-OH is 9. The molecular weight excluding hydrogens is 668 g/mol. The van der Waals surface area contributed by atoms with E-state index in [-0.39, 0.29) is 63.2 Å². The number of hydrogen-bond acceptors (Lipinski definition) is 11. The van der Waals surface area contributed by atoms with E-state index in [0.29, 0.717) is 0 Å². The zero-order chi connectivity index (χ0) is 39.1. The molecule has 1 rings (SSSR count). The van der Waals surface area contributed by atoms with Crippen LogP contribution in [0.5, 0.6) is 0 Å². The van der Waals surface area contributed by atoms with E-state index in [0.717, 1.165) is 6.42 Å². The van der Waals surface area contributed by atoms with Crippen molar-refractivity contribution in [3.8, 4) is 0 Å². The Morgan fingerprint density at radius 1 is 0.596 bits per heavy atom. The van der Waals surface area contributed by atoms with E-state index in [2.05, 4.69) is 0 Å². The molecule has 11 heteroatoms. The van der Waals surface area contributed by atoms with Crippen molar-refractivity contribution in [3.63, 3.8) is 0 Å². The maximum Gasteiger partial charge on any atom is 0.331 e. The number of carbonyl (C=O) groups is 1. The minimum Gasteiger partial charge on any atom is -0.458 e. The van der Waals surface area contributed by atoms with E-state index in [9.17, 15) is 50.8 Å². The van der Waals surface area contributed by atoms with E-state index in [1.54, 1.807) is 55.5 Å². The molecule has 0 aromatic rings. The Hall–Kier alpha value is -2.71. The molecule has 0 spiro atoms. The van der Waals surface area contributed by atoms with Gasteiger partial charge in [-0.15, -0.1) is 0 Å². The maximum absolute atomic E-state index is 12.6. The lowest BCUT2D eigenvalue weighted by Gasteiger charge is -2.27. The summed E-state index contributed by atoms with van der Waals surface area (Å²) in [5.74, 6) is -1.24. The van der Waals surface area contributed by atoms with Crippen LogP contribution in [0.2, 0.25) is 0 Å². The second-order valence-electron chi connectivity index (χ2n) is 14.2. The van der Waals surface area contributed by atoms with E-state index in [4.69, 9.17) is 4.74 Å². The van der Waals surface area contributed by atoms with Crippen LogP contribution in [0.4, 0.5) is 0 Å². The largest absolute Gasteiger partial charge is 0.458 e. The summed E-state index contributed by atoms with van der Waals surface area (Å²) in [5.41, 5.74) is 0. The highest BCUT2D eigenvalue weighted by atomic mass is 16.5. The van der Waals surface area contributed by atoms with Crippen LogP contribution in [0, 0.1) is 17.8 Å². The zero-order valence-electron chi connectivity index (χ0n) is 31.3. The van der Waals surface area contributed by atoms with Crippen LogP contribution in [0.1, 0.15) is 85.5 Å². The molecule has 0 aromatic carbocycles. The molecule has 0 amide bonds. The molecule has 1 aliphatic rings. The van der Waals surface area contributed by atoms with Gasteiger partial charge in [0.25, 0.3) is 0 Å². The molecular formula is C41H66O11. The molecule has 0 saturated heterocycles. The highest BCUT2D eigenvalue weighted by Gasteiger charge is 2.27. The van der Waals surface area contributed by atoms with Crippen molar-refractivity contribution in [1.29, 1.82) is 0 Å². The van der Waals surface area contributed by atoms with Gasteiger partial charge in [-0.05, 0) is 50.9 Å². The second-order valence-corrected chi connectivity index (χ2v) is 14.2. The smallest absolute Gasteiger partial charge is 0.331 e. The highest BCUT2D eigenvalue weighted by Crippen LogP contribution is 2.23. The number of allylic oxidation sites excluding steroid dienone is 10. The van der Waals surface area contributed by atoms with Crippen molar-refractivity contribution in [2.45, 2.75) is 147 Å². The molecule has 52 heavy (non-hydrogen) atoms. The van der Waals surface area contributed by atoms with Crippen LogP contribution in [0.25, 0.3) is 0 Å². The molecule has 1 heterocycles. The average molecular weight is 735 g/mol. The van der Waals surface area contributed by atoms with E-state index < -0.39 is 72.9 Å². The molecule has 0 aliphatic carbocycles. The third-order valence-electron chi connectivity index (χ3n) is 9.32. The minimum absolute atomic E-state index is 0.0413. The Labute approximate surface area is 310 Å². The SMILES string of the molecule is CC[C@H](C)C1OC(=O)/C=C/C=C/C=C/C=C/C=C/C=C/C[C@H](O)[C@H](C)[C@H](O)C[C@H](O)C[C@H](O)C[C@@H](O)C[C@H](O)C[C@@H](O)C[C@@H](O)C[C@@H](O)C=C[C@@H]1C. The van der Waals surface area contributed by atoms with Crippen LogP contribution in [-0.4, -0.2) is 113 Å². The van der Waals surface area contributed by atoms with Crippen LogP contribution in [-0.2, 0) is 9.53 Å². The summed E-state index contributed by atoms with van der Waals surface area (Å²) in [4.78, 5) is 12.6. The van der Waals surface area contributed by atoms with Crippen molar-refractivity contribution in [1.82, 2.24) is 0 Å². The first-order chi connectivity index (χ1) is 24.6. The Morgan fingerprint density at radius 2 is 1.02 bits per heavy atom. The van der Waals surface area contributed by atoms with Crippen molar-refractivity contribution in [3.05, 3.63) is 85.1 Å². The summed E-state index contributed by atoms with van der Waals surface area (Å²) in [5, 5.41) is 94.1. The van der Waals surface area contributed by atoms with Gasteiger partial charge < -0.3 is 50.7 Å². The average Bonchev–Trinajstić information content (AvgIpc) is 3.06. The van der Waals surface area contributed by atoms with Gasteiger partial charge in [-0.3, -0.25) is 0 Å². The van der Waals surface area contributed by atoms with Gasteiger partial charge in [0.1, 0.15) is 6.10 Å². The number of esters is 1. The number of ether oxygens (including phenoxy) is 1. The monoisotopic (exact) mass is 734 g/mol. The molecule has 0 radical (unpaired) electrons. The number of carbonyl (C=O) groups excluding carboxylic acids is 1. The number of cyclic esters (lactones) is 1. The summed E-state index contributed by atoms with van der Waals surface area (Å²) in [6, 6.07) is 0. The van der Waals surface area contributed by atoms with Gasteiger partial charge in [0.05, 0.1) is 54.9 Å². The lowest BCUT2D eigenvalue weighted by atomic mass is 9.90. The third-order valence-corrected chi connectivity index (χ3v) is 9.32. The van der Waals surface area contributed by atoms with Crippen LogP contribution < -0.4 is 0 Å². The van der Waals surface area contributed by atoms with Crippen LogP contribution >= 0.6 is 0 Å². The van der Waals surface area contributed by atoms with Gasteiger partial charge in [0.2, 0.25) is 0 Å². The molecule has 296 valence electrons. The summed E-state index contributed by atoms with van der Waals surface area (Å²) in [6.07, 6.45) is 14.3. The topological polar surface area (TPSA) is 208 Å². The lowest BCUT2D eigenvalue weighted by Crippen LogP contribution is -2.34. The molecule has 1 unspecified atom stereocenters. The minimum atomic E-state index is -1.13. The van der Waals surface area contributed by atoms with Gasteiger partial charge in [-0.1, -0.05) is 113 Å². The Balaban J connectivity index is 3.01. The molecule has 11 nitrogen and oxygen atoms in total. The van der Waals surface area contributed by atoms with Crippen molar-refractivity contribution in [2.75, 3.05) is 0 Å². The fourth-order valence-electron chi connectivity index (χ4n) is 5.97. The Bertz CT molecular complexity index is 1180. The zero-order valence-corrected chi connectivity index (χ0v) is 31.3. The van der Waals surface area contributed by atoms with Gasteiger partial charge in [-0.25, -0.2) is 4.79 Å². The molecule has 0 aromatic heterocycles. The third kappa shape index (κ3) is 21.7.